The summed E-state index contributed by atoms with van der Waals surface area (Å²) in [5.41, 5.74) is 6.05. The maximum absolute atomic E-state index is 5.96. The minimum Gasteiger partial charge on any atom is -0.329 e. The summed E-state index contributed by atoms with van der Waals surface area (Å²) in [6.07, 6.45) is 10.4. The lowest BCUT2D eigenvalue weighted by Gasteiger charge is -2.40. The highest BCUT2D eigenvalue weighted by Crippen LogP contribution is 2.34. The summed E-state index contributed by atoms with van der Waals surface area (Å²) in [6.45, 7) is 3.76. The van der Waals surface area contributed by atoms with Crippen molar-refractivity contribution in [2.45, 2.75) is 37.3 Å². The first-order chi connectivity index (χ1) is 7.32. The van der Waals surface area contributed by atoms with Crippen molar-refractivity contribution in [1.29, 1.82) is 0 Å². The van der Waals surface area contributed by atoms with Crippen molar-refractivity contribution in [2.24, 2.45) is 5.73 Å². The monoisotopic (exact) mass is 207 g/mol. The average molecular weight is 207 g/mol. The van der Waals surface area contributed by atoms with Gasteiger partial charge in [-0.05, 0) is 25.8 Å². The number of hydrogen-bond donors (Lipinski definition) is 2. The predicted octanol–water partition coefficient (Wildman–Crippen LogP) is 0.165. The van der Waals surface area contributed by atoms with Gasteiger partial charge in [0.25, 0.3) is 0 Å². The molecule has 2 atom stereocenters. The fraction of sp³-hybridized carbons (Fsp3) is 0.833. The van der Waals surface area contributed by atoms with Crippen molar-refractivity contribution < 1.29 is 0 Å². The lowest BCUT2D eigenvalue weighted by molar-refractivity contribution is 0.143. The number of nitrogens with one attached hydrogen (secondary N) is 1. The van der Waals surface area contributed by atoms with Crippen molar-refractivity contribution in [1.82, 2.24) is 10.2 Å². The number of rotatable bonds is 3. The van der Waals surface area contributed by atoms with E-state index in [1.165, 1.54) is 32.4 Å². The average Bonchev–Trinajstić information content (AvgIpc) is 2.66. The lowest BCUT2D eigenvalue weighted by atomic mass is 9.85. The van der Waals surface area contributed by atoms with E-state index in [-0.39, 0.29) is 5.54 Å². The Morgan fingerprint density at radius 2 is 2.33 bits per heavy atom. The number of terminal acetylenes is 1. The zero-order valence-electron chi connectivity index (χ0n) is 9.34. The molecule has 2 rings (SSSR count). The highest BCUT2D eigenvalue weighted by molar-refractivity contribution is 5.09. The van der Waals surface area contributed by atoms with Crippen LogP contribution >= 0.6 is 0 Å². The van der Waals surface area contributed by atoms with Crippen LogP contribution in [0.15, 0.2) is 0 Å². The minimum atomic E-state index is 0.0901. The Labute approximate surface area is 92.4 Å². The zero-order valence-corrected chi connectivity index (χ0v) is 9.34. The lowest BCUT2D eigenvalue weighted by Crippen LogP contribution is -2.60. The summed E-state index contributed by atoms with van der Waals surface area (Å²) in [4.78, 5) is 2.58. The standard InChI is InChI=1S/C12H21N3/c1-2-7-14-12(10-13)6-9-15-8-4-3-5-11(12)15/h1,11,14H,3-10,13H2. The molecule has 2 heterocycles. The Morgan fingerprint density at radius 3 is 3.07 bits per heavy atom. The highest BCUT2D eigenvalue weighted by atomic mass is 15.3. The van der Waals surface area contributed by atoms with Crippen LogP contribution in [0.4, 0.5) is 0 Å². The van der Waals surface area contributed by atoms with Crippen molar-refractivity contribution in [2.75, 3.05) is 26.2 Å². The third kappa shape index (κ3) is 1.90. The van der Waals surface area contributed by atoms with Gasteiger partial charge in [0.1, 0.15) is 0 Å². The van der Waals surface area contributed by atoms with E-state index in [0.29, 0.717) is 19.1 Å². The Kier molecular flexibility index (Phi) is 3.30. The molecule has 0 aromatic carbocycles. The molecule has 0 radical (unpaired) electrons. The van der Waals surface area contributed by atoms with E-state index in [9.17, 15) is 0 Å². The van der Waals surface area contributed by atoms with Crippen LogP contribution in [0.25, 0.3) is 0 Å². The Balaban J connectivity index is 2.08. The largest absolute Gasteiger partial charge is 0.329 e. The van der Waals surface area contributed by atoms with E-state index in [0.717, 1.165) is 6.42 Å². The van der Waals surface area contributed by atoms with Crippen LogP contribution in [0.5, 0.6) is 0 Å². The van der Waals surface area contributed by atoms with Gasteiger partial charge in [-0.1, -0.05) is 12.3 Å². The number of fused-ring (bicyclic) bond motifs is 1. The molecule has 0 saturated carbocycles. The van der Waals surface area contributed by atoms with E-state index in [4.69, 9.17) is 12.2 Å². The first kappa shape index (κ1) is 10.9. The van der Waals surface area contributed by atoms with Gasteiger partial charge in [-0.2, -0.15) is 0 Å². The molecule has 2 fully saturated rings. The van der Waals surface area contributed by atoms with Gasteiger partial charge in [-0.15, -0.1) is 6.42 Å². The molecule has 0 bridgehead atoms. The molecule has 15 heavy (non-hydrogen) atoms. The minimum absolute atomic E-state index is 0.0901. The molecule has 0 aromatic heterocycles. The van der Waals surface area contributed by atoms with Crippen LogP contribution in [-0.4, -0.2) is 42.7 Å². The van der Waals surface area contributed by atoms with E-state index in [1.807, 2.05) is 0 Å². The summed E-state index contributed by atoms with van der Waals surface area (Å²) < 4.78 is 0. The van der Waals surface area contributed by atoms with Gasteiger partial charge in [-0.25, -0.2) is 0 Å². The third-order valence-corrected chi connectivity index (χ3v) is 4.00. The van der Waals surface area contributed by atoms with E-state index in [1.54, 1.807) is 0 Å². The van der Waals surface area contributed by atoms with Crippen LogP contribution in [0.1, 0.15) is 25.7 Å². The number of nitrogens with zero attached hydrogens (tertiary/aromatic N) is 1. The van der Waals surface area contributed by atoms with Crippen LogP contribution in [0.2, 0.25) is 0 Å². The maximum atomic E-state index is 5.96. The molecule has 2 unspecified atom stereocenters. The quantitative estimate of drug-likeness (QED) is 0.648. The van der Waals surface area contributed by atoms with Gasteiger partial charge in [0, 0.05) is 24.7 Å². The van der Waals surface area contributed by atoms with Gasteiger partial charge < -0.3 is 5.73 Å². The third-order valence-electron chi connectivity index (χ3n) is 4.00. The Hall–Kier alpha value is -0.560. The summed E-state index contributed by atoms with van der Waals surface area (Å²) in [7, 11) is 0. The first-order valence-electron chi connectivity index (χ1n) is 5.95. The van der Waals surface area contributed by atoms with Crippen LogP contribution in [-0.2, 0) is 0 Å². The van der Waals surface area contributed by atoms with Crippen molar-refractivity contribution in [3.8, 4) is 12.3 Å². The molecule has 2 aliphatic heterocycles. The summed E-state index contributed by atoms with van der Waals surface area (Å²) in [5, 5.41) is 3.49. The molecule has 0 aromatic rings. The summed E-state index contributed by atoms with van der Waals surface area (Å²) in [5.74, 6) is 2.66. The van der Waals surface area contributed by atoms with Gasteiger partial charge in [-0.3, -0.25) is 10.2 Å². The maximum Gasteiger partial charge on any atom is 0.0579 e. The number of nitrogens with two attached hydrogens (primary N) is 1. The van der Waals surface area contributed by atoms with Gasteiger partial charge >= 0.3 is 0 Å². The second-order valence-electron chi connectivity index (χ2n) is 4.72. The fourth-order valence-corrected chi connectivity index (χ4v) is 3.14. The summed E-state index contributed by atoms with van der Waals surface area (Å²) in [6, 6.07) is 0.615. The van der Waals surface area contributed by atoms with Crippen LogP contribution in [0, 0.1) is 12.3 Å². The second kappa shape index (κ2) is 4.52. The van der Waals surface area contributed by atoms with E-state index < -0.39 is 0 Å². The SMILES string of the molecule is C#CCNC1(CN)CCN2CCCCC21. The van der Waals surface area contributed by atoms with Crippen LogP contribution < -0.4 is 11.1 Å². The van der Waals surface area contributed by atoms with Crippen molar-refractivity contribution in [3.63, 3.8) is 0 Å². The molecule has 3 heteroatoms. The molecule has 3 N–H and O–H groups in total. The molecular weight excluding hydrogens is 186 g/mol. The molecule has 0 aliphatic carbocycles. The topological polar surface area (TPSA) is 41.3 Å². The summed E-state index contributed by atoms with van der Waals surface area (Å²) >= 11 is 0. The first-order valence-corrected chi connectivity index (χ1v) is 5.95. The van der Waals surface area contributed by atoms with Gasteiger partial charge in [0.05, 0.1) is 6.54 Å². The normalized spacial score (nSPS) is 36.1. The van der Waals surface area contributed by atoms with Crippen LogP contribution in [0.3, 0.4) is 0 Å². The van der Waals surface area contributed by atoms with E-state index >= 15 is 0 Å². The Bertz CT molecular complexity index is 258. The van der Waals surface area contributed by atoms with Crippen molar-refractivity contribution in [3.05, 3.63) is 0 Å². The second-order valence-corrected chi connectivity index (χ2v) is 4.72. The molecular formula is C12H21N3. The van der Waals surface area contributed by atoms with Crippen molar-refractivity contribution >= 4 is 0 Å². The van der Waals surface area contributed by atoms with E-state index in [2.05, 4.69) is 16.1 Å². The number of hydrogen-bond acceptors (Lipinski definition) is 3. The predicted molar refractivity (Wildman–Crippen MR) is 62.5 cm³/mol. The molecule has 84 valence electrons. The smallest absolute Gasteiger partial charge is 0.0579 e. The highest BCUT2D eigenvalue weighted by Gasteiger charge is 2.46. The van der Waals surface area contributed by atoms with Gasteiger partial charge in [0.2, 0.25) is 0 Å². The molecule has 0 spiro atoms. The number of piperidine rings is 1. The fourth-order valence-electron chi connectivity index (χ4n) is 3.14. The molecule has 2 aliphatic rings. The molecule has 2 saturated heterocycles. The Morgan fingerprint density at radius 1 is 1.47 bits per heavy atom. The molecule has 0 amide bonds. The van der Waals surface area contributed by atoms with Gasteiger partial charge in [0.15, 0.2) is 0 Å². The molecule has 3 nitrogen and oxygen atoms in total. The zero-order chi connectivity index (χ0) is 10.7.